The minimum absolute atomic E-state index is 1.05. The van der Waals surface area contributed by atoms with Gasteiger partial charge in [0.25, 0.3) is 0 Å². The third-order valence-electron chi connectivity index (χ3n) is 12.2. The third-order valence-corrected chi connectivity index (χ3v) is 12.8. The highest BCUT2D eigenvalue weighted by Crippen LogP contribution is 2.48. The van der Waals surface area contributed by atoms with E-state index in [1.165, 1.54) is 91.0 Å². The molecule has 1 aromatic heterocycles. The third kappa shape index (κ3) is 6.27. The summed E-state index contributed by atoms with van der Waals surface area (Å²) in [6.07, 6.45) is 11.4. The van der Waals surface area contributed by atoms with Crippen LogP contribution in [0.4, 0.5) is 13.2 Å². The first-order valence-corrected chi connectivity index (χ1v) is 21.1. The molecule has 1 heterocycles. The molecule has 0 unspecified atom stereocenters. The van der Waals surface area contributed by atoms with Crippen molar-refractivity contribution >= 4 is 10.1 Å². The average molecular weight is 770 g/mol. The van der Waals surface area contributed by atoms with Gasteiger partial charge < -0.3 is 4.55 Å². The van der Waals surface area contributed by atoms with Gasteiger partial charge in [0, 0.05) is 23.1 Å². The SMILES string of the molecule is CCCC[n+]1c2c(c(-c3ccccc3)c3c1-c1cc4c(cc1CC3)CCc1ccccc1-4)CCc1cc3c(cc1-2)-c1ccccc1CC3.O=S(=O)([O-])C(F)(F)F. The molecule has 0 radical (unpaired) electrons. The Morgan fingerprint density at radius 1 is 0.554 bits per heavy atom. The molecule has 4 aliphatic carbocycles. The van der Waals surface area contributed by atoms with Gasteiger partial charge in [0.1, 0.15) is 6.54 Å². The highest BCUT2D eigenvalue weighted by molar-refractivity contribution is 7.86. The number of halogens is 3. The predicted molar refractivity (Wildman–Crippen MR) is 214 cm³/mol. The number of alkyl halides is 3. The molecule has 5 aromatic carbocycles. The topological polar surface area (TPSA) is 61.1 Å². The van der Waals surface area contributed by atoms with E-state index in [0.717, 1.165) is 57.9 Å². The van der Waals surface area contributed by atoms with Crippen LogP contribution in [-0.2, 0) is 68.0 Å². The maximum absolute atomic E-state index is 10.7. The Balaban J connectivity index is 0.000000465. The van der Waals surface area contributed by atoms with Crippen molar-refractivity contribution in [3.8, 4) is 55.9 Å². The second-order valence-electron chi connectivity index (χ2n) is 15.4. The lowest BCUT2D eigenvalue weighted by atomic mass is 9.74. The molecule has 4 nitrogen and oxygen atoms in total. The molecule has 8 heteroatoms. The van der Waals surface area contributed by atoms with Gasteiger partial charge in [-0.05, 0) is 125 Å². The van der Waals surface area contributed by atoms with Gasteiger partial charge in [-0.1, -0.05) is 104 Å². The first kappa shape index (κ1) is 36.6. The van der Waals surface area contributed by atoms with Gasteiger partial charge in [0.15, 0.2) is 10.1 Å². The molecule has 0 bridgehead atoms. The van der Waals surface area contributed by atoms with Crippen LogP contribution < -0.4 is 4.57 Å². The van der Waals surface area contributed by atoms with Gasteiger partial charge >= 0.3 is 5.51 Å². The number of hydrogen-bond donors (Lipinski definition) is 0. The van der Waals surface area contributed by atoms with Crippen LogP contribution in [0.1, 0.15) is 64.3 Å². The summed E-state index contributed by atoms with van der Waals surface area (Å²) in [5.74, 6) is 0. The highest BCUT2D eigenvalue weighted by atomic mass is 32.2. The Hall–Kier alpha value is -5.05. The van der Waals surface area contributed by atoms with Crippen LogP contribution in [-0.4, -0.2) is 18.5 Å². The van der Waals surface area contributed by atoms with Crippen LogP contribution in [0.2, 0.25) is 0 Å². The van der Waals surface area contributed by atoms with Crippen molar-refractivity contribution in [2.75, 3.05) is 0 Å². The van der Waals surface area contributed by atoms with Gasteiger partial charge in [-0.2, -0.15) is 17.7 Å². The summed E-state index contributed by atoms with van der Waals surface area (Å²) in [6, 6.07) is 40.0. The van der Waals surface area contributed by atoms with Crippen molar-refractivity contribution in [1.82, 2.24) is 0 Å². The lowest BCUT2D eigenvalue weighted by Crippen LogP contribution is -2.43. The summed E-state index contributed by atoms with van der Waals surface area (Å²) in [5.41, 5.74) is 21.2. The summed E-state index contributed by atoms with van der Waals surface area (Å²) >= 11 is 0. The molecule has 4 aliphatic rings. The van der Waals surface area contributed by atoms with E-state index in [1.54, 1.807) is 22.3 Å². The Bertz CT molecular complexity index is 2510. The number of rotatable bonds is 4. The summed E-state index contributed by atoms with van der Waals surface area (Å²) < 4.78 is 61.7. The van der Waals surface area contributed by atoms with Crippen molar-refractivity contribution < 1.29 is 30.7 Å². The second kappa shape index (κ2) is 14.2. The van der Waals surface area contributed by atoms with E-state index in [-0.39, 0.29) is 0 Å². The summed E-state index contributed by atoms with van der Waals surface area (Å²) in [4.78, 5) is 0. The molecule has 284 valence electrons. The summed E-state index contributed by atoms with van der Waals surface area (Å²) in [6.45, 7) is 3.40. The van der Waals surface area contributed by atoms with Crippen molar-refractivity contribution in [1.29, 1.82) is 0 Å². The number of unbranched alkanes of at least 4 members (excludes halogenated alkanes) is 1. The summed E-state index contributed by atoms with van der Waals surface area (Å²) in [5, 5.41) is 0. The fourth-order valence-corrected chi connectivity index (χ4v) is 9.67. The number of pyridine rings is 1. The van der Waals surface area contributed by atoms with Crippen molar-refractivity contribution in [2.24, 2.45) is 0 Å². The van der Waals surface area contributed by atoms with E-state index in [9.17, 15) is 13.2 Å². The van der Waals surface area contributed by atoms with Gasteiger partial charge in [-0.15, -0.1) is 0 Å². The molecule has 6 aromatic rings. The van der Waals surface area contributed by atoms with E-state index in [1.807, 2.05) is 0 Å². The molecule has 0 amide bonds. The number of hydrogen-bond acceptors (Lipinski definition) is 3. The lowest BCUT2D eigenvalue weighted by molar-refractivity contribution is -0.676. The molecular weight excluding hydrogens is 728 g/mol. The standard InChI is InChI=1S/C47H42N.CHF3O3S/c1-2-3-25-48-46-39(23-21-35-26-33-19-17-30-11-7-9-15-37(30)41(33)28-43(35)46)45(32-13-5-4-6-14-32)40-24-22-36-27-34-20-18-31-12-8-10-16-38(31)42(34)29-44(36)47(40)48;2-1(3,4)8(5,6)7/h4-16,26-29H,2-3,17-25H2,1H3;(H,5,6,7)/q+1;/p-1. The summed E-state index contributed by atoms with van der Waals surface area (Å²) in [7, 11) is -6.09. The number of aromatic nitrogens is 1. The molecule has 0 spiro atoms. The van der Waals surface area contributed by atoms with Crippen molar-refractivity contribution in [2.45, 2.75) is 83.2 Å². The van der Waals surface area contributed by atoms with Gasteiger partial charge in [-0.3, -0.25) is 0 Å². The fourth-order valence-electron chi connectivity index (χ4n) is 9.67. The van der Waals surface area contributed by atoms with E-state index >= 15 is 0 Å². The van der Waals surface area contributed by atoms with Gasteiger partial charge in [0.05, 0.1) is 11.1 Å². The monoisotopic (exact) mass is 769 g/mol. The molecule has 56 heavy (non-hydrogen) atoms. The van der Waals surface area contributed by atoms with E-state index in [2.05, 4.69) is 115 Å². The number of aryl methyl sites for hydroxylation is 6. The fraction of sp³-hybridized carbons (Fsp3) is 0.271. The zero-order chi connectivity index (χ0) is 38.8. The lowest BCUT2D eigenvalue weighted by Gasteiger charge is -2.31. The first-order valence-electron chi connectivity index (χ1n) is 19.7. The molecule has 0 saturated heterocycles. The van der Waals surface area contributed by atoms with Crippen LogP contribution in [0.5, 0.6) is 0 Å². The van der Waals surface area contributed by atoms with Crippen molar-refractivity contribution in [3.05, 3.63) is 148 Å². The predicted octanol–water partition coefficient (Wildman–Crippen LogP) is 10.6. The van der Waals surface area contributed by atoms with Crippen LogP contribution in [0.15, 0.2) is 103 Å². The second-order valence-corrected chi connectivity index (χ2v) is 16.8. The number of nitrogens with zero attached hydrogens (tertiary/aromatic N) is 1. The maximum atomic E-state index is 10.7. The van der Waals surface area contributed by atoms with Gasteiger partial charge in [0.2, 0.25) is 11.4 Å². The Labute approximate surface area is 326 Å². The minimum Gasteiger partial charge on any atom is -0.741 e. The highest BCUT2D eigenvalue weighted by Gasteiger charge is 2.39. The number of fused-ring (bicyclic) bond motifs is 12. The number of benzene rings is 5. The first-order chi connectivity index (χ1) is 27.0. The Morgan fingerprint density at radius 3 is 1.43 bits per heavy atom. The van der Waals surface area contributed by atoms with E-state index < -0.39 is 15.6 Å². The molecule has 0 fully saturated rings. The van der Waals surface area contributed by atoms with Crippen LogP contribution in [0.3, 0.4) is 0 Å². The molecule has 0 aliphatic heterocycles. The largest absolute Gasteiger partial charge is 0.741 e. The molecule has 10 rings (SSSR count). The van der Waals surface area contributed by atoms with E-state index in [0.29, 0.717) is 0 Å². The van der Waals surface area contributed by atoms with Gasteiger partial charge in [-0.25, -0.2) is 8.42 Å². The molecular formula is C48H42F3NO3S. The zero-order valence-corrected chi connectivity index (χ0v) is 32.1. The quantitative estimate of drug-likeness (QED) is 0.102. The normalized spacial score (nSPS) is 14.7. The average Bonchev–Trinajstić information content (AvgIpc) is 3.20. The molecule has 0 saturated carbocycles. The van der Waals surface area contributed by atoms with Crippen LogP contribution in [0, 0.1) is 0 Å². The Morgan fingerprint density at radius 2 is 0.964 bits per heavy atom. The minimum atomic E-state index is -6.09. The maximum Gasteiger partial charge on any atom is 0.485 e. The molecule has 0 N–H and O–H groups in total. The van der Waals surface area contributed by atoms with Crippen LogP contribution >= 0.6 is 0 Å². The zero-order valence-electron chi connectivity index (χ0n) is 31.3. The smallest absolute Gasteiger partial charge is 0.485 e. The van der Waals surface area contributed by atoms with Crippen molar-refractivity contribution in [3.63, 3.8) is 0 Å². The molecule has 0 atom stereocenters. The van der Waals surface area contributed by atoms with Crippen LogP contribution in [0.25, 0.3) is 55.9 Å². The Kier molecular flexibility index (Phi) is 9.25. The van der Waals surface area contributed by atoms with E-state index in [4.69, 9.17) is 13.0 Å².